The second-order valence-corrected chi connectivity index (χ2v) is 14.8. The predicted molar refractivity (Wildman–Crippen MR) is 184 cm³/mol. The molecule has 5 aliphatic rings. The van der Waals surface area contributed by atoms with Crippen molar-refractivity contribution in [2.24, 2.45) is 23.7 Å². The minimum Gasteiger partial charge on any atom is -0.503 e. The van der Waals surface area contributed by atoms with Gasteiger partial charge in [0.05, 0.1) is 41.0 Å². The van der Waals surface area contributed by atoms with Crippen LogP contribution in [0.25, 0.3) is 0 Å². The number of imide groups is 2. The van der Waals surface area contributed by atoms with E-state index >= 15 is 4.79 Å². The third kappa shape index (κ3) is 4.63. The van der Waals surface area contributed by atoms with Crippen LogP contribution < -0.4 is 9.64 Å². The van der Waals surface area contributed by atoms with E-state index in [1.165, 1.54) is 12.0 Å². The first-order valence-corrected chi connectivity index (χ1v) is 17.8. The number of ether oxygens (including phenoxy) is 1. The number of anilines is 1. The van der Waals surface area contributed by atoms with E-state index in [1.807, 2.05) is 36.4 Å². The SMILES string of the molecule is COc1cc([C@H]2C3=CC[C@@H]4C(=O)N(C5CCCCC5)C(=O)[C@@H]4[C@@H]3C[C@H]3C(=O)N(c4cccc(Cl)c4)C(=O)[C@@]23c2ccccc2)cc(Cl)c1O. The Morgan fingerprint density at radius 3 is 2.33 bits per heavy atom. The van der Waals surface area contributed by atoms with Gasteiger partial charge in [0.1, 0.15) is 0 Å². The van der Waals surface area contributed by atoms with Crippen molar-refractivity contribution in [3.8, 4) is 11.5 Å². The van der Waals surface area contributed by atoms with E-state index in [9.17, 15) is 19.5 Å². The molecule has 2 saturated heterocycles. The van der Waals surface area contributed by atoms with Crippen molar-refractivity contribution >= 4 is 52.5 Å². The molecule has 4 fully saturated rings. The summed E-state index contributed by atoms with van der Waals surface area (Å²) in [5.41, 5.74) is 0.951. The zero-order valence-corrected chi connectivity index (χ0v) is 28.5. The van der Waals surface area contributed by atoms with Gasteiger partial charge in [0.2, 0.25) is 23.6 Å². The molecule has 0 radical (unpaired) electrons. The number of benzene rings is 3. The number of carbonyl (C=O) groups excluding carboxylic acids is 4. The van der Waals surface area contributed by atoms with Crippen LogP contribution in [-0.4, -0.2) is 46.8 Å². The van der Waals surface area contributed by atoms with E-state index < -0.39 is 40.9 Å². The Bertz CT molecular complexity index is 1920. The number of halogens is 2. The summed E-state index contributed by atoms with van der Waals surface area (Å²) in [6.45, 7) is 0. The van der Waals surface area contributed by atoms with Gasteiger partial charge in [0.15, 0.2) is 11.5 Å². The van der Waals surface area contributed by atoms with Gasteiger partial charge in [-0.05, 0) is 73.1 Å². The normalized spacial score (nSPS) is 29.9. The summed E-state index contributed by atoms with van der Waals surface area (Å²) in [5, 5.41) is 11.2. The molecular formula is C39H36Cl2N2O6. The first-order chi connectivity index (χ1) is 23.7. The quantitative estimate of drug-likeness (QED) is 0.223. The van der Waals surface area contributed by atoms with Crippen molar-refractivity contribution in [2.75, 3.05) is 12.0 Å². The number of amides is 4. The minimum absolute atomic E-state index is 0.0320. The molecule has 8 rings (SSSR count). The maximum absolute atomic E-state index is 15.3. The number of methoxy groups -OCH3 is 1. The molecule has 0 unspecified atom stereocenters. The van der Waals surface area contributed by atoms with Crippen molar-refractivity contribution in [3.63, 3.8) is 0 Å². The van der Waals surface area contributed by atoms with Gasteiger partial charge in [-0.3, -0.25) is 24.1 Å². The molecule has 1 N–H and O–H groups in total. The van der Waals surface area contributed by atoms with Crippen molar-refractivity contribution in [1.29, 1.82) is 0 Å². The molecule has 4 amide bonds. The fraction of sp³-hybridized carbons (Fsp3) is 0.385. The predicted octanol–water partition coefficient (Wildman–Crippen LogP) is 7.20. The molecule has 3 aromatic rings. The van der Waals surface area contributed by atoms with Crippen LogP contribution in [0.2, 0.25) is 10.0 Å². The first kappa shape index (κ1) is 32.1. The van der Waals surface area contributed by atoms with Crippen molar-refractivity contribution in [3.05, 3.63) is 99.6 Å². The highest BCUT2D eigenvalue weighted by Crippen LogP contribution is 2.65. The first-order valence-electron chi connectivity index (χ1n) is 17.0. The monoisotopic (exact) mass is 698 g/mol. The fourth-order valence-electron chi connectivity index (χ4n) is 9.76. The lowest BCUT2D eigenvalue weighted by Crippen LogP contribution is -2.53. The van der Waals surface area contributed by atoms with E-state index in [2.05, 4.69) is 0 Å². The van der Waals surface area contributed by atoms with Gasteiger partial charge < -0.3 is 9.84 Å². The Hall–Kier alpha value is -4.14. The lowest BCUT2D eigenvalue weighted by molar-refractivity contribution is -0.143. The number of nitrogens with zero attached hydrogens (tertiary/aromatic N) is 2. The summed E-state index contributed by atoms with van der Waals surface area (Å²) >= 11 is 13.0. The standard InChI is InChI=1S/C39H36Cl2N2O6/c1-49-31-18-21(17-30(41)34(31)44)33-26-15-16-27-32(37(47)42(35(27)45)24-12-6-3-7-13-24)28(26)20-29-36(46)43(25-14-8-11-23(40)19-25)38(48)39(29,33)22-9-4-2-5-10-22/h2,4-5,8-11,14-15,17-19,24,27-29,32-33,44H,3,6-7,12-13,16,20H2,1H3/t27-,28+,29-,32-,33-,39+/m0/s1. The highest BCUT2D eigenvalue weighted by molar-refractivity contribution is 6.33. The number of likely N-dealkylation sites (tertiary alicyclic amines) is 1. The average Bonchev–Trinajstić information content (AvgIpc) is 3.50. The zero-order chi connectivity index (χ0) is 34.2. The van der Waals surface area contributed by atoms with Gasteiger partial charge >= 0.3 is 0 Å². The highest BCUT2D eigenvalue weighted by Gasteiger charge is 2.70. The van der Waals surface area contributed by atoms with Crippen molar-refractivity contribution in [1.82, 2.24) is 4.90 Å². The third-order valence-corrected chi connectivity index (χ3v) is 12.3. The summed E-state index contributed by atoms with van der Waals surface area (Å²) in [5.74, 6) is -4.55. The third-order valence-electron chi connectivity index (χ3n) is 11.7. The van der Waals surface area contributed by atoms with E-state index in [0.717, 1.165) is 37.7 Å². The minimum atomic E-state index is -1.45. The molecule has 8 nitrogen and oxygen atoms in total. The van der Waals surface area contributed by atoms with Gasteiger partial charge in [0, 0.05) is 17.0 Å². The Labute approximate surface area is 294 Å². The lowest BCUT2D eigenvalue weighted by Gasteiger charge is -2.50. The summed E-state index contributed by atoms with van der Waals surface area (Å²) in [6, 6.07) is 19.1. The largest absolute Gasteiger partial charge is 0.503 e. The fourth-order valence-corrected chi connectivity index (χ4v) is 10.2. The molecule has 0 aromatic heterocycles. The van der Waals surface area contributed by atoms with Gasteiger partial charge in [-0.2, -0.15) is 0 Å². The Morgan fingerprint density at radius 2 is 1.61 bits per heavy atom. The van der Waals surface area contributed by atoms with Crippen molar-refractivity contribution < 1.29 is 29.0 Å². The molecule has 252 valence electrons. The summed E-state index contributed by atoms with van der Waals surface area (Å²) < 4.78 is 5.54. The number of carbonyl (C=O) groups is 4. The number of phenolic OH excluding ortho intramolecular Hbond substituents is 1. The van der Waals surface area contributed by atoms with E-state index in [4.69, 9.17) is 27.9 Å². The van der Waals surface area contributed by atoms with Crippen molar-refractivity contribution in [2.45, 2.75) is 62.3 Å². The van der Waals surface area contributed by atoms with Crippen LogP contribution in [0, 0.1) is 23.7 Å². The molecule has 49 heavy (non-hydrogen) atoms. The van der Waals surface area contributed by atoms with Crippen LogP contribution in [0.4, 0.5) is 5.69 Å². The number of rotatable bonds is 5. The lowest BCUT2D eigenvalue weighted by atomic mass is 9.49. The highest BCUT2D eigenvalue weighted by atomic mass is 35.5. The molecule has 6 atom stereocenters. The van der Waals surface area contributed by atoms with Crippen LogP contribution in [0.15, 0.2) is 78.4 Å². The molecule has 10 heteroatoms. The summed E-state index contributed by atoms with van der Waals surface area (Å²) in [7, 11) is 1.42. The van der Waals surface area contributed by atoms with Crippen LogP contribution in [0.5, 0.6) is 11.5 Å². The average molecular weight is 700 g/mol. The number of fused-ring (bicyclic) bond motifs is 4. The molecule has 2 aliphatic heterocycles. The zero-order valence-electron chi connectivity index (χ0n) is 27.0. The van der Waals surface area contributed by atoms with Gasteiger partial charge in [0.25, 0.3) is 0 Å². The van der Waals surface area contributed by atoms with E-state index in [-0.39, 0.29) is 46.7 Å². The molecule has 2 saturated carbocycles. The van der Waals surface area contributed by atoms with Gasteiger partial charge in [-0.15, -0.1) is 0 Å². The molecule has 3 aromatic carbocycles. The number of hydrogen-bond acceptors (Lipinski definition) is 6. The van der Waals surface area contributed by atoms with Crippen LogP contribution in [-0.2, 0) is 24.6 Å². The summed E-state index contributed by atoms with van der Waals surface area (Å²) in [6.07, 6.45) is 7.24. The number of aromatic hydroxyl groups is 1. The number of allylic oxidation sites excluding steroid dienone is 2. The molecule has 0 bridgehead atoms. The molecular weight excluding hydrogens is 663 g/mol. The summed E-state index contributed by atoms with van der Waals surface area (Å²) in [4.78, 5) is 61.5. The van der Waals surface area contributed by atoms with Gasteiger partial charge in [-0.1, -0.05) is 90.5 Å². The second-order valence-electron chi connectivity index (χ2n) is 14.0. The topological polar surface area (TPSA) is 104 Å². The number of phenols is 1. The Kier molecular flexibility index (Phi) is 7.87. The second kappa shape index (κ2) is 12.0. The van der Waals surface area contributed by atoms with Crippen LogP contribution in [0.1, 0.15) is 62.0 Å². The maximum atomic E-state index is 15.3. The molecule has 2 heterocycles. The molecule has 3 aliphatic carbocycles. The number of hydrogen-bond donors (Lipinski definition) is 1. The van der Waals surface area contributed by atoms with Crippen LogP contribution in [0.3, 0.4) is 0 Å². The smallest absolute Gasteiger partial charge is 0.246 e. The maximum Gasteiger partial charge on any atom is 0.246 e. The van der Waals surface area contributed by atoms with Crippen LogP contribution >= 0.6 is 23.2 Å². The Morgan fingerprint density at radius 1 is 0.857 bits per heavy atom. The molecule has 0 spiro atoms. The van der Waals surface area contributed by atoms with E-state index in [0.29, 0.717) is 28.3 Å². The van der Waals surface area contributed by atoms with E-state index in [1.54, 1.807) is 41.3 Å². The van der Waals surface area contributed by atoms with Gasteiger partial charge in [-0.25, -0.2) is 4.90 Å². The Balaban J connectivity index is 1.36.